The first-order valence-electron chi connectivity index (χ1n) is 8.11. The highest BCUT2D eigenvalue weighted by molar-refractivity contribution is 7.85. The highest BCUT2D eigenvalue weighted by Gasteiger charge is 2.13. The Morgan fingerprint density at radius 1 is 1.25 bits per heavy atom. The molecule has 0 heterocycles. The summed E-state index contributed by atoms with van der Waals surface area (Å²) in [7, 11) is -3.50. The van der Waals surface area contributed by atoms with Crippen molar-refractivity contribution in [1.29, 1.82) is 0 Å². The maximum absolute atomic E-state index is 11.2. The zero-order valence-electron chi connectivity index (χ0n) is 14.2. The molecular weight excluding hydrogens is 330 g/mol. The third kappa shape index (κ3) is 8.21. The van der Waals surface area contributed by atoms with E-state index in [1.54, 1.807) is 18.2 Å². The van der Waals surface area contributed by atoms with Crippen LogP contribution in [0.4, 0.5) is 5.69 Å². The number of nitro benzene ring substituents is 1. The normalized spacial score (nSPS) is 11.9. The van der Waals surface area contributed by atoms with Gasteiger partial charge < -0.3 is 0 Å². The van der Waals surface area contributed by atoms with Gasteiger partial charge >= 0.3 is 0 Å². The van der Waals surface area contributed by atoms with E-state index in [4.69, 9.17) is 0 Å². The second kappa shape index (κ2) is 10.2. The summed E-state index contributed by atoms with van der Waals surface area (Å²) in [6.07, 6.45) is 10.6. The summed E-state index contributed by atoms with van der Waals surface area (Å²) < 4.78 is 26.5. The molecule has 0 aliphatic carbocycles. The smallest absolute Gasteiger partial charge is 0.270 e. The molecule has 0 unspecified atom stereocenters. The number of allylic oxidation sites excluding steroid dienone is 1. The van der Waals surface area contributed by atoms with E-state index in [2.05, 4.69) is 11.1 Å². The molecule has 0 aliphatic heterocycles. The van der Waals surface area contributed by atoms with E-state index in [-0.39, 0.29) is 12.3 Å². The van der Waals surface area contributed by atoms with Gasteiger partial charge in [0, 0.05) is 6.07 Å². The lowest BCUT2D eigenvalue weighted by Gasteiger charge is -2.04. The topological polar surface area (TPSA) is 86.5 Å². The molecule has 1 aromatic rings. The van der Waals surface area contributed by atoms with Gasteiger partial charge in [-0.2, -0.15) is 8.42 Å². The van der Waals surface area contributed by atoms with Crippen molar-refractivity contribution in [2.45, 2.75) is 45.4 Å². The maximum atomic E-state index is 11.2. The summed E-state index contributed by atoms with van der Waals surface area (Å²) in [5.41, 5.74) is 1.25. The molecule has 0 fully saturated rings. The van der Waals surface area contributed by atoms with E-state index < -0.39 is 15.0 Å². The van der Waals surface area contributed by atoms with Crippen molar-refractivity contribution >= 4 is 21.9 Å². The van der Waals surface area contributed by atoms with Gasteiger partial charge in [-0.15, -0.1) is 0 Å². The predicted molar refractivity (Wildman–Crippen MR) is 95.4 cm³/mol. The van der Waals surface area contributed by atoms with Gasteiger partial charge in [0.2, 0.25) is 0 Å². The van der Waals surface area contributed by atoms with Crippen LogP contribution in [0.3, 0.4) is 0 Å². The van der Waals surface area contributed by atoms with Crippen LogP contribution in [0.5, 0.6) is 0 Å². The van der Waals surface area contributed by atoms with Crippen LogP contribution in [-0.4, -0.2) is 26.2 Å². The first-order chi connectivity index (χ1) is 11.3. The molecule has 0 radical (unpaired) electrons. The number of unbranched alkanes of at least 4 members (excludes halogenated alkanes) is 4. The average molecular weight is 355 g/mol. The van der Waals surface area contributed by atoms with Gasteiger partial charge in [-0.1, -0.05) is 44.4 Å². The predicted octanol–water partition coefficient (Wildman–Crippen LogP) is 4.10. The van der Waals surface area contributed by atoms with Gasteiger partial charge in [0.15, 0.2) is 0 Å². The Hall–Kier alpha value is -1.73. The number of hydrogen-bond donors (Lipinski definition) is 0. The Morgan fingerprint density at radius 2 is 2.00 bits per heavy atom. The first-order valence-corrected chi connectivity index (χ1v) is 9.93. The zero-order valence-corrected chi connectivity index (χ0v) is 15.0. The molecule has 1 rings (SSSR count). The van der Waals surface area contributed by atoms with Crippen LogP contribution < -0.4 is 0 Å². The second-order valence-electron chi connectivity index (χ2n) is 5.68. The average Bonchev–Trinajstić information content (AvgIpc) is 2.50. The lowest BCUT2D eigenvalue weighted by Crippen LogP contribution is -2.06. The van der Waals surface area contributed by atoms with Crippen LogP contribution in [0.2, 0.25) is 0 Å². The molecule has 0 N–H and O–H groups in total. The molecule has 0 saturated carbocycles. The minimum Gasteiger partial charge on any atom is -0.270 e. The Labute approximate surface area is 143 Å². The van der Waals surface area contributed by atoms with Crippen LogP contribution in [0.15, 0.2) is 24.3 Å². The fraction of sp³-hybridized carbons (Fsp3) is 0.529. The van der Waals surface area contributed by atoms with Crippen molar-refractivity contribution in [2.24, 2.45) is 0 Å². The third-order valence-corrected chi connectivity index (χ3v) is 4.10. The highest BCUT2D eigenvalue weighted by Crippen LogP contribution is 2.22. The van der Waals surface area contributed by atoms with Crippen LogP contribution in [0.25, 0.3) is 6.08 Å². The molecule has 6 nitrogen and oxygen atoms in total. The minimum atomic E-state index is -3.50. The lowest BCUT2D eigenvalue weighted by molar-refractivity contribution is -0.385. The maximum Gasteiger partial charge on any atom is 0.276 e. The number of nitro groups is 1. The van der Waals surface area contributed by atoms with E-state index >= 15 is 0 Å². The Kier molecular flexibility index (Phi) is 8.63. The van der Waals surface area contributed by atoms with Crippen LogP contribution in [-0.2, 0) is 20.7 Å². The van der Waals surface area contributed by atoms with E-state index in [0.29, 0.717) is 17.5 Å². The summed E-state index contributed by atoms with van der Waals surface area (Å²) in [5, 5.41) is 11.2. The standard InChI is InChI=1S/C17H25NO5S/c1-3-4-5-6-7-8-9-16-11-10-15(14-17(16)18(19)20)12-13-23-24(2,21)22/h8-11,14H,3-7,12-13H2,1-2H3/b9-8+. The van der Waals surface area contributed by atoms with Crippen molar-refractivity contribution < 1.29 is 17.5 Å². The first kappa shape index (κ1) is 20.3. The number of rotatable bonds is 11. The van der Waals surface area contributed by atoms with E-state index in [1.165, 1.54) is 25.3 Å². The van der Waals surface area contributed by atoms with Crippen LogP contribution in [0.1, 0.15) is 50.2 Å². The monoisotopic (exact) mass is 355 g/mol. The second-order valence-corrected chi connectivity index (χ2v) is 7.32. The Morgan fingerprint density at radius 3 is 2.62 bits per heavy atom. The molecule has 0 atom stereocenters. The van der Waals surface area contributed by atoms with Gasteiger partial charge in [0.25, 0.3) is 15.8 Å². The summed E-state index contributed by atoms with van der Waals surface area (Å²) in [5.74, 6) is 0. The third-order valence-electron chi connectivity index (χ3n) is 3.50. The summed E-state index contributed by atoms with van der Waals surface area (Å²) in [6, 6.07) is 4.92. The van der Waals surface area contributed by atoms with E-state index in [1.807, 2.05) is 6.08 Å². The highest BCUT2D eigenvalue weighted by atomic mass is 32.2. The van der Waals surface area contributed by atoms with Gasteiger partial charge in [-0.05, 0) is 30.9 Å². The van der Waals surface area contributed by atoms with Crippen molar-refractivity contribution in [3.8, 4) is 0 Å². The zero-order chi connectivity index (χ0) is 18.0. The Balaban J connectivity index is 2.69. The van der Waals surface area contributed by atoms with Crippen LogP contribution >= 0.6 is 0 Å². The van der Waals surface area contributed by atoms with Crippen molar-refractivity contribution in [3.63, 3.8) is 0 Å². The van der Waals surface area contributed by atoms with Gasteiger partial charge in [-0.3, -0.25) is 14.3 Å². The molecular formula is C17H25NO5S. The van der Waals surface area contributed by atoms with Crippen molar-refractivity contribution in [1.82, 2.24) is 0 Å². The number of hydrogen-bond acceptors (Lipinski definition) is 5. The lowest BCUT2D eigenvalue weighted by atomic mass is 10.1. The van der Waals surface area contributed by atoms with Gasteiger partial charge in [0.1, 0.15) is 0 Å². The SMILES string of the molecule is CCCCCC/C=C/c1ccc(CCOS(C)(=O)=O)cc1[N+](=O)[O-]. The summed E-state index contributed by atoms with van der Waals surface area (Å²) in [6.45, 7) is 2.13. The van der Waals surface area contributed by atoms with Crippen molar-refractivity contribution in [3.05, 3.63) is 45.5 Å². The van der Waals surface area contributed by atoms with E-state index in [0.717, 1.165) is 19.1 Å². The molecule has 7 heteroatoms. The molecule has 0 saturated heterocycles. The largest absolute Gasteiger partial charge is 0.276 e. The number of nitrogens with zero attached hydrogens (tertiary/aromatic N) is 1. The number of benzene rings is 1. The molecule has 0 aromatic heterocycles. The molecule has 0 bridgehead atoms. The fourth-order valence-electron chi connectivity index (χ4n) is 2.25. The van der Waals surface area contributed by atoms with Gasteiger partial charge in [0.05, 0.1) is 23.3 Å². The molecule has 1 aromatic carbocycles. The quantitative estimate of drug-likeness (QED) is 0.258. The van der Waals surface area contributed by atoms with Crippen LogP contribution in [0, 0.1) is 10.1 Å². The Bertz CT molecular complexity index is 668. The molecule has 0 amide bonds. The van der Waals surface area contributed by atoms with Crippen molar-refractivity contribution in [2.75, 3.05) is 12.9 Å². The summed E-state index contributed by atoms with van der Waals surface area (Å²) in [4.78, 5) is 10.8. The molecule has 134 valence electrons. The summed E-state index contributed by atoms with van der Waals surface area (Å²) >= 11 is 0. The van der Waals surface area contributed by atoms with Gasteiger partial charge in [-0.25, -0.2) is 0 Å². The minimum absolute atomic E-state index is 0.0247. The molecule has 0 spiro atoms. The fourth-order valence-corrected chi connectivity index (χ4v) is 2.64. The molecule has 0 aliphatic rings. The van der Waals surface area contributed by atoms with E-state index in [9.17, 15) is 18.5 Å². The molecule has 24 heavy (non-hydrogen) atoms.